The fourth-order valence-corrected chi connectivity index (χ4v) is 2.20. The van der Waals surface area contributed by atoms with Gasteiger partial charge in [-0.15, -0.1) is 0 Å². The van der Waals surface area contributed by atoms with E-state index in [0.29, 0.717) is 18.7 Å². The summed E-state index contributed by atoms with van der Waals surface area (Å²) in [7, 11) is 0. The lowest BCUT2D eigenvalue weighted by atomic mass is 10.1. The maximum atomic E-state index is 13.5. The van der Waals surface area contributed by atoms with Gasteiger partial charge in [0.2, 0.25) is 0 Å². The van der Waals surface area contributed by atoms with Gasteiger partial charge in [-0.05, 0) is 36.2 Å². The number of nitrogens with two attached hydrogens (primary N) is 1. The molecule has 1 aromatic heterocycles. The molecule has 4 heteroatoms. The maximum Gasteiger partial charge on any atom is 0.126 e. The van der Waals surface area contributed by atoms with Gasteiger partial charge in [-0.3, -0.25) is 0 Å². The summed E-state index contributed by atoms with van der Waals surface area (Å²) >= 11 is 0. The van der Waals surface area contributed by atoms with Gasteiger partial charge in [0.15, 0.2) is 0 Å². The second kappa shape index (κ2) is 4.72. The van der Waals surface area contributed by atoms with Crippen molar-refractivity contribution < 1.29 is 4.39 Å². The number of hydrogen-bond donors (Lipinski definition) is 1. The topological polar surface area (TPSA) is 43.8 Å². The number of aromatic nitrogens is 2. The number of aryl methyl sites for hydroxylation is 2. The van der Waals surface area contributed by atoms with Gasteiger partial charge in [0, 0.05) is 12.2 Å². The van der Waals surface area contributed by atoms with Crippen molar-refractivity contribution >= 4 is 16.7 Å². The lowest BCUT2D eigenvalue weighted by molar-refractivity contribution is 0.596. The van der Waals surface area contributed by atoms with Crippen LogP contribution in [0.1, 0.15) is 5.56 Å². The molecular weight excluding hydrogens is 241 g/mol. The molecule has 2 aromatic carbocycles. The van der Waals surface area contributed by atoms with Crippen LogP contribution in [0.15, 0.2) is 48.8 Å². The molecule has 0 aliphatic carbocycles. The minimum Gasteiger partial charge on any atom is -0.399 e. The van der Waals surface area contributed by atoms with Crippen LogP contribution in [0.25, 0.3) is 11.0 Å². The molecule has 0 saturated carbocycles. The molecule has 3 aromatic rings. The van der Waals surface area contributed by atoms with Crippen LogP contribution in [0.3, 0.4) is 0 Å². The van der Waals surface area contributed by atoms with E-state index in [0.717, 1.165) is 16.6 Å². The molecule has 0 atom stereocenters. The van der Waals surface area contributed by atoms with Crippen LogP contribution in [0.2, 0.25) is 0 Å². The zero-order chi connectivity index (χ0) is 13.2. The van der Waals surface area contributed by atoms with Crippen LogP contribution in [0.5, 0.6) is 0 Å². The first-order chi connectivity index (χ1) is 9.24. The minimum atomic E-state index is -0.156. The molecule has 0 aliphatic heterocycles. The van der Waals surface area contributed by atoms with Gasteiger partial charge in [-0.25, -0.2) is 9.37 Å². The van der Waals surface area contributed by atoms with Crippen LogP contribution in [-0.2, 0) is 13.0 Å². The minimum absolute atomic E-state index is 0.156. The van der Waals surface area contributed by atoms with Crippen molar-refractivity contribution in [2.75, 3.05) is 5.73 Å². The summed E-state index contributed by atoms with van der Waals surface area (Å²) in [4.78, 5) is 4.30. The molecule has 3 nitrogen and oxygen atoms in total. The predicted octanol–water partition coefficient (Wildman–Crippen LogP) is 3.00. The van der Waals surface area contributed by atoms with Gasteiger partial charge in [0.25, 0.3) is 0 Å². The molecular formula is C15H14FN3. The summed E-state index contributed by atoms with van der Waals surface area (Å²) in [5, 5.41) is 0. The number of hydrogen-bond acceptors (Lipinski definition) is 2. The van der Waals surface area contributed by atoms with E-state index < -0.39 is 0 Å². The van der Waals surface area contributed by atoms with E-state index in [1.54, 1.807) is 12.4 Å². The summed E-state index contributed by atoms with van der Waals surface area (Å²) in [5.41, 5.74) is 9.03. The number of benzene rings is 2. The summed E-state index contributed by atoms with van der Waals surface area (Å²) in [6, 6.07) is 12.5. The van der Waals surface area contributed by atoms with Crippen LogP contribution >= 0.6 is 0 Å². The first-order valence-electron chi connectivity index (χ1n) is 6.18. The third-order valence-corrected chi connectivity index (χ3v) is 3.22. The largest absolute Gasteiger partial charge is 0.399 e. The molecule has 3 rings (SSSR count). The lowest BCUT2D eigenvalue weighted by Gasteiger charge is -2.05. The Bertz CT molecular complexity index is 718. The van der Waals surface area contributed by atoms with Gasteiger partial charge in [0.05, 0.1) is 17.4 Å². The van der Waals surface area contributed by atoms with E-state index >= 15 is 0 Å². The summed E-state index contributed by atoms with van der Waals surface area (Å²) < 4.78 is 15.6. The predicted molar refractivity (Wildman–Crippen MR) is 74.2 cm³/mol. The molecule has 0 fully saturated rings. The smallest absolute Gasteiger partial charge is 0.126 e. The molecule has 0 radical (unpaired) electrons. The van der Waals surface area contributed by atoms with Gasteiger partial charge in [-0.1, -0.05) is 18.2 Å². The van der Waals surface area contributed by atoms with Crippen molar-refractivity contribution in [3.8, 4) is 0 Å². The monoisotopic (exact) mass is 255 g/mol. The number of rotatable bonds is 3. The highest BCUT2D eigenvalue weighted by Crippen LogP contribution is 2.17. The number of nitrogen functional groups attached to an aromatic ring is 1. The molecule has 19 heavy (non-hydrogen) atoms. The van der Waals surface area contributed by atoms with Crippen molar-refractivity contribution in [2.45, 2.75) is 13.0 Å². The Morgan fingerprint density at radius 2 is 2.00 bits per heavy atom. The van der Waals surface area contributed by atoms with E-state index in [4.69, 9.17) is 5.73 Å². The highest BCUT2D eigenvalue weighted by Gasteiger charge is 2.05. The summed E-state index contributed by atoms with van der Waals surface area (Å²) in [6.07, 6.45) is 2.41. The van der Waals surface area contributed by atoms with Gasteiger partial charge >= 0.3 is 0 Å². The molecule has 0 bridgehead atoms. The Morgan fingerprint density at radius 1 is 1.16 bits per heavy atom. The number of halogens is 1. The van der Waals surface area contributed by atoms with Crippen LogP contribution in [0, 0.1) is 5.82 Å². The van der Waals surface area contributed by atoms with Crippen LogP contribution in [-0.4, -0.2) is 9.55 Å². The molecule has 0 spiro atoms. The average Bonchev–Trinajstić information content (AvgIpc) is 2.80. The van der Waals surface area contributed by atoms with E-state index in [1.165, 1.54) is 6.07 Å². The average molecular weight is 255 g/mol. The molecule has 0 saturated heterocycles. The van der Waals surface area contributed by atoms with E-state index in [9.17, 15) is 4.39 Å². The highest BCUT2D eigenvalue weighted by atomic mass is 19.1. The quantitative estimate of drug-likeness (QED) is 0.731. The molecule has 0 amide bonds. The van der Waals surface area contributed by atoms with Gasteiger partial charge < -0.3 is 10.3 Å². The van der Waals surface area contributed by atoms with E-state index in [2.05, 4.69) is 4.98 Å². The Hall–Kier alpha value is -2.36. The second-order valence-electron chi connectivity index (χ2n) is 4.53. The zero-order valence-corrected chi connectivity index (χ0v) is 10.4. The Labute approximate surface area is 110 Å². The molecule has 0 unspecified atom stereocenters. The van der Waals surface area contributed by atoms with Crippen molar-refractivity contribution in [2.24, 2.45) is 0 Å². The third-order valence-electron chi connectivity index (χ3n) is 3.22. The number of fused-ring (bicyclic) bond motifs is 1. The zero-order valence-electron chi connectivity index (χ0n) is 10.4. The molecule has 2 N–H and O–H groups in total. The number of nitrogens with zero attached hydrogens (tertiary/aromatic N) is 2. The summed E-state index contributed by atoms with van der Waals surface area (Å²) in [6.45, 7) is 0.696. The van der Waals surface area contributed by atoms with Crippen molar-refractivity contribution in [1.29, 1.82) is 0 Å². The van der Waals surface area contributed by atoms with Crippen LogP contribution in [0.4, 0.5) is 10.1 Å². The first kappa shape index (κ1) is 11.7. The van der Waals surface area contributed by atoms with Gasteiger partial charge in [-0.2, -0.15) is 0 Å². The van der Waals surface area contributed by atoms with E-state index in [-0.39, 0.29) is 5.82 Å². The van der Waals surface area contributed by atoms with E-state index in [1.807, 2.05) is 34.9 Å². The Balaban J connectivity index is 1.84. The third kappa shape index (κ3) is 2.29. The van der Waals surface area contributed by atoms with Crippen LogP contribution < -0.4 is 5.73 Å². The maximum absolute atomic E-state index is 13.5. The molecule has 96 valence electrons. The van der Waals surface area contributed by atoms with Crippen molar-refractivity contribution in [1.82, 2.24) is 9.55 Å². The standard InChI is InChI=1S/C15H14FN3/c16-13-4-2-1-3-11(13)7-8-19-10-18-14-9-12(17)5-6-15(14)19/h1-6,9-10H,7-8,17H2. The number of imidazole rings is 1. The first-order valence-corrected chi connectivity index (χ1v) is 6.18. The van der Waals surface area contributed by atoms with Crippen molar-refractivity contribution in [3.05, 3.63) is 60.2 Å². The Kier molecular flexibility index (Phi) is 2.91. The molecule has 1 heterocycles. The normalized spacial score (nSPS) is 11.0. The summed E-state index contributed by atoms with van der Waals surface area (Å²) in [5.74, 6) is -0.156. The fraction of sp³-hybridized carbons (Fsp3) is 0.133. The number of anilines is 1. The highest BCUT2D eigenvalue weighted by molar-refractivity contribution is 5.78. The Morgan fingerprint density at radius 3 is 2.84 bits per heavy atom. The fourth-order valence-electron chi connectivity index (χ4n) is 2.20. The second-order valence-corrected chi connectivity index (χ2v) is 4.53. The lowest BCUT2D eigenvalue weighted by Crippen LogP contribution is -2.01. The van der Waals surface area contributed by atoms with Gasteiger partial charge in [0.1, 0.15) is 5.82 Å². The van der Waals surface area contributed by atoms with Crippen molar-refractivity contribution in [3.63, 3.8) is 0 Å². The SMILES string of the molecule is Nc1ccc2c(c1)ncn2CCc1ccccc1F. The molecule has 0 aliphatic rings.